The monoisotopic (exact) mass is 113 g/mol. The number of H-pyrrole nitrogens is 1. The van der Waals surface area contributed by atoms with Crippen molar-refractivity contribution in [1.29, 1.82) is 0 Å². The quantitative estimate of drug-likeness (QED) is 0.366. The van der Waals surface area contributed by atoms with Crippen molar-refractivity contribution in [1.82, 2.24) is 15.4 Å². The van der Waals surface area contributed by atoms with E-state index in [2.05, 4.69) is 15.4 Å². The molecule has 0 aliphatic rings. The summed E-state index contributed by atoms with van der Waals surface area (Å²) in [4.78, 5) is 0. The number of hydrazine groups is 1. The smallest absolute Gasteiger partial charge is 0.184 e. The van der Waals surface area contributed by atoms with Crippen LogP contribution >= 0.6 is 0 Å². The van der Waals surface area contributed by atoms with Crippen LogP contribution in [0, 0.1) is 0 Å². The Kier molecular flexibility index (Phi) is 1.13. The molecule has 0 bridgehead atoms. The van der Waals surface area contributed by atoms with Gasteiger partial charge in [-0.2, -0.15) is 10.3 Å². The van der Waals surface area contributed by atoms with E-state index in [4.69, 9.17) is 5.84 Å². The molecule has 0 atom stereocenters. The van der Waals surface area contributed by atoms with E-state index in [0.717, 1.165) is 0 Å². The van der Waals surface area contributed by atoms with E-state index in [1.54, 1.807) is 13.2 Å². The van der Waals surface area contributed by atoms with Crippen molar-refractivity contribution in [3.05, 3.63) is 6.20 Å². The second-order valence-corrected chi connectivity index (χ2v) is 1.44. The third kappa shape index (κ3) is 0.760. The summed E-state index contributed by atoms with van der Waals surface area (Å²) in [7, 11) is 1.69. The molecule has 0 amide bonds. The maximum atomic E-state index is 5.27. The van der Waals surface area contributed by atoms with Crippen LogP contribution in [0.1, 0.15) is 0 Å². The van der Waals surface area contributed by atoms with Gasteiger partial charge in [0.15, 0.2) is 5.82 Å². The first-order valence-corrected chi connectivity index (χ1v) is 2.15. The summed E-state index contributed by atoms with van der Waals surface area (Å²) in [5, 5.41) is 11.0. The summed E-state index contributed by atoms with van der Waals surface area (Å²) >= 11 is 0. The minimum Gasteiger partial charge on any atom is -0.295 e. The van der Waals surface area contributed by atoms with Gasteiger partial charge in [-0.1, -0.05) is 0 Å². The van der Waals surface area contributed by atoms with Crippen LogP contribution in [-0.2, 0) is 0 Å². The predicted octanol–water partition coefficient (Wildman–Crippen LogP) is -0.885. The summed E-state index contributed by atoms with van der Waals surface area (Å²) < 4.78 is 0. The average Bonchev–Trinajstić information content (AvgIpc) is 2.12. The maximum absolute atomic E-state index is 5.27. The van der Waals surface area contributed by atoms with Crippen LogP contribution in [0.15, 0.2) is 6.20 Å². The van der Waals surface area contributed by atoms with Gasteiger partial charge in [-0.3, -0.25) is 5.01 Å². The summed E-state index contributed by atoms with van der Waals surface area (Å²) in [5.41, 5.74) is 0. The van der Waals surface area contributed by atoms with E-state index in [9.17, 15) is 0 Å². The molecular weight excluding hydrogens is 106 g/mol. The molecule has 5 heteroatoms. The lowest BCUT2D eigenvalue weighted by Crippen LogP contribution is -2.25. The number of nitrogens with one attached hydrogen (secondary N) is 1. The first kappa shape index (κ1) is 5.04. The number of nitrogens with zero attached hydrogens (tertiary/aromatic N) is 3. The van der Waals surface area contributed by atoms with Crippen LogP contribution in [0.25, 0.3) is 0 Å². The van der Waals surface area contributed by atoms with E-state index in [1.165, 1.54) is 5.01 Å². The van der Waals surface area contributed by atoms with E-state index in [-0.39, 0.29) is 0 Å². The second kappa shape index (κ2) is 1.79. The Morgan fingerprint density at radius 1 is 1.88 bits per heavy atom. The minimum atomic E-state index is 0.630. The molecular formula is C3H7N5. The van der Waals surface area contributed by atoms with Crippen molar-refractivity contribution >= 4 is 5.82 Å². The van der Waals surface area contributed by atoms with Crippen LogP contribution < -0.4 is 10.9 Å². The average molecular weight is 113 g/mol. The zero-order valence-electron chi connectivity index (χ0n) is 4.50. The first-order chi connectivity index (χ1) is 3.80. The van der Waals surface area contributed by atoms with Crippen LogP contribution in [0.4, 0.5) is 5.82 Å². The molecule has 0 aromatic carbocycles. The van der Waals surface area contributed by atoms with Gasteiger partial charge in [0.05, 0.1) is 6.20 Å². The lowest BCUT2D eigenvalue weighted by molar-refractivity contribution is 0.909. The molecule has 1 heterocycles. The van der Waals surface area contributed by atoms with Crippen LogP contribution in [0.2, 0.25) is 0 Å². The van der Waals surface area contributed by atoms with E-state index >= 15 is 0 Å². The zero-order chi connectivity index (χ0) is 5.98. The van der Waals surface area contributed by atoms with Crippen LogP contribution in [-0.4, -0.2) is 22.5 Å². The molecule has 0 unspecified atom stereocenters. The SMILES string of the molecule is CN(N)c1cn[nH]n1. The number of hydrogen-bond acceptors (Lipinski definition) is 4. The topological polar surface area (TPSA) is 70.8 Å². The zero-order valence-corrected chi connectivity index (χ0v) is 4.50. The standard InChI is InChI=1S/C3H7N5/c1-8(4)3-2-5-7-6-3/h2H,4H2,1H3,(H,5,6,7). The highest BCUT2D eigenvalue weighted by Gasteiger charge is 1.93. The van der Waals surface area contributed by atoms with Crippen molar-refractivity contribution in [2.45, 2.75) is 0 Å². The molecule has 0 fully saturated rings. The predicted molar refractivity (Wildman–Crippen MR) is 29.0 cm³/mol. The van der Waals surface area contributed by atoms with Crippen molar-refractivity contribution < 1.29 is 0 Å². The number of nitrogens with two attached hydrogens (primary N) is 1. The van der Waals surface area contributed by atoms with Gasteiger partial charge in [0, 0.05) is 7.05 Å². The van der Waals surface area contributed by atoms with Gasteiger partial charge in [0.1, 0.15) is 0 Å². The number of anilines is 1. The molecule has 0 spiro atoms. The number of aromatic nitrogens is 3. The molecule has 5 nitrogen and oxygen atoms in total. The highest BCUT2D eigenvalue weighted by Crippen LogP contribution is 1.95. The third-order valence-electron chi connectivity index (χ3n) is 0.764. The summed E-state index contributed by atoms with van der Waals surface area (Å²) in [6.45, 7) is 0. The Morgan fingerprint density at radius 3 is 2.88 bits per heavy atom. The molecule has 0 aliphatic carbocycles. The number of hydrogen-bond donors (Lipinski definition) is 2. The van der Waals surface area contributed by atoms with E-state index in [0.29, 0.717) is 5.82 Å². The molecule has 3 N–H and O–H groups in total. The van der Waals surface area contributed by atoms with Crippen LogP contribution in [0.3, 0.4) is 0 Å². The molecule has 1 aromatic rings. The lowest BCUT2D eigenvalue weighted by atomic mass is 10.7. The Hall–Kier alpha value is -1.10. The lowest BCUT2D eigenvalue weighted by Gasteiger charge is -2.03. The van der Waals surface area contributed by atoms with Gasteiger partial charge in [0.2, 0.25) is 0 Å². The fourth-order valence-corrected chi connectivity index (χ4v) is 0.366. The fourth-order valence-electron chi connectivity index (χ4n) is 0.366. The minimum absolute atomic E-state index is 0.630. The number of aromatic amines is 1. The highest BCUT2D eigenvalue weighted by molar-refractivity contribution is 5.29. The Bertz CT molecular complexity index is 143. The molecule has 1 rings (SSSR count). The van der Waals surface area contributed by atoms with Crippen molar-refractivity contribution in [3.63, 3.8) is 0 Å². The molecule has 0 saturated carbocycles. The molecule has 1 aromatic heterocycles. The Balaban J connectivity index is 2.77. The highest BCUT2D eigenvalue weighted by atomic mass is 15.5. The third-order valence-corrected chi connectivity index (χ3v) is 0.764. The van der Waals surface area contributed by atoms with E-state index < -0.39 is 0 Å². The molecule has 44 valence electrons. The van der Waals surface area contributed by atoms with Gasteiger partial charge in [-0.25, -0.2) is 5.84 Å². The summed E-state index contributed by atoms with van der Waals surface area (Å²) in [5.74, 6) is 5.90. The normalized spacial score (nSPS) is 9.25. The van der Waals surface area contributed by atoms with Crippen LogP contribution in [0.5, 0.6) is 0 Å². The molecule has 0 saturated heterocycles. The second-order valence-electron chi connectivity index (χ2n) is 1.44. The van der Waals surface area contributed by atoms with Gasteiger partial charge >= 0.3 is 0 Å². The largest absolute Gasteiger partial charge is 0.295 e. The van der Waals surface area contributed by atoms with Gasteiger partial charge in [-0.05, 0) is 0 Å². The first-order valence-electron chi connectivity index (χ1n) is 2.15. The van der Waals surface area contributed by atoms with Gasteiger partial charge in [-0.15, -0.1) is 5.10 Å². The molecule has 0 radical (unpaired) electrons. The number of rotatable bonds is 1. The fraction of sp³-hybridized carbons (Fsp3) is 0.333. The van der Waals surface area contributed by atoms with Gasteiger partial charge < -0.3 is 0 Å². The summed E-state index contributed by atoms with van der Waals surface area (Å²) in [6, 6.07) is 0. The van der Waals surface area contributed by atoms with Crippen molar-refractivity contribution in [3.8, 4) is 0 Å². The molecule has 0 aliphatic heterocycles. The van der Waals surface area contributed by atoms with Crippen molar-refractivity contribution in [2.75, 3.05) is 12.1 Å². The maximum Gasteiger partial charge on any atom is 0.184 e. The Labute approximate surface area is 46.5 Å². The van der Waals surface area contributed by atoms with Crippen molar-refractivity contribution in [2.24, 2.45) is 5.84 Å². The summed E-state index contributed by atoms with van der Waals surface area (Å²) in [6.07, 6.45) is 1.54. The molecule has 8 heavy (non-hydrogen) atoms. The van der Waals surface area contributed by atoms with Gasteiger partial charge in [0.25, 0.3) is 0 Å². The Morgan fingerprint density at radius 2 is 2.62 bits per heavy atom. The van der Waals surface area contributed by atoms with E-state index in [1.807, 2.05) is 0 Å².